The lowest BCUT2D eigenvalue weighted by Gasteiger charge is -2.42. The Morgan fingerprint density at radius 3 is 1.62 bits per heavy atom. The van der Waals surface area contributed by atoms with Crippen LogP contribution in [-0.4, -0.2) is 120 Å². The third-order valence-electron chi connectivity index (χ3n) is 7.18. The van der Waals surface area contributed by atoms with Crippen LogP contribution in [0.5, 0.6) is 0 Å². The predicted octanol–water partition coefficient (Wildman–Crippen LogP) is 1.18. The summed E-state index contributed by atoms with van der Waals surface area (Å²) < 4.78 is 0. The minimum atomic E-state index is -0.263. The van der Waals surface area contributed by atoms with Crippen LogP contribution in [-0.2, 0) is 0 Å². The molecular formula is C23H46N4O2. The van der Waals surface area contributed by atoms with Crippen molar-refractivity contribution in [3.8, 4) is 0 Å². The van der Waals surface area contributed by atoms with E-state index in [0.717, 1.165) is 83.8 Å². The van der Waals surface area contributed by atoms with Crippen molar-refractivity contribution in [3.05, 3.63) is 0 Å². The molecule has 0 saturated carbocycles. The van der Waals surface area contributed by atoms with Gasteiger partial charge in [-0.25, -0.2) is 0 Å². The molecule has 0 radical (unpaired) electrons. The fourth-order valence-corrected chi connectivity index (χ4v) is 5.69. The number of piperidine rings is 2. The molecule has 0 aliphatic carbocycles. The zero-order valence-corrected chi connectivity index (χ0v) is 19.2. The minimum absolute atomic E-state index is 0.259. The van der Waals surface area contributed by atoms with E-state index in [1.54, 1.807) is 0 Å². The largest absolute Gasteiger partial charge is 0.390 e. The second-order valence-corrected chi connectivity index (χ2v) is 10.4. The van der Waals surface area contributed by atoms with E-state index in [9.17, 15) is 10.2 Å². The Bertz CT molecular complexity index is 480. The highest BCUT2D eigenvalue weighted by atomic mass is 16.3. The molecule has 3 saturated heterocycles. The molecule has 5 atom stereocenters. The molecule has 3 aliphatic heterocycles. The molecular weight excluding hydrogens is 364 g/mol. The molecule has 0 aromatic heterocycles. The second-order valence-electron chi connectivity index (χ2n) is 10.4. The van der Waals surface area contributed by atoms with Gasteiger partial charge in [0.05, 0.1) is 12.2 Å². The fourth-order valence-electron chi connectivity index (χ4n) is 5.69. The van der Waals surface area contributed by atoms with Gasteiger partial charge in [-0.1, -0.05) is 13.8 Å². The van der Waals surface area contributed by atoms with Crippen LogP contribution in [0, 0.1) is 11.8 Å². The van der Waals surface area contributed by atoms with Crippen LogP contribution >= 0.6 is 0 Å². The molecule has 0 unspecified atom stereocenters. The smallest absolute Gasteiger partial charge is 0.0793 e. The molecule has 3 heterocycles. The Morgan fingerprint density at radius 2 is 1.14 bits per heavy atom. The van der Waals surface area contributed by atoms with E-state index in [2.05, 4.69) is 40.4 Å². The molecule has 3 fully saturated rings. The van der Waals surface area contributed by atoms with Crippen molar-refractivity contribution in [2.24, 2.45) is 11.8 Å². The third-order valence-corrected chi connectivity index (χ3v) is 7.18. The van der Waals surface area contributed by atoms with Crippen molar-refractivity contribution in [1.29, 1.82) is 0 Å². The molecule has 3 aliphatic rings. The number of hydrogen-bond donors (Lipinski definition) is 2. The Labute approximate surface area is 178 Å². The lowest BCUT2D eigenvalue weighted by atomic mass is 10.00. The number of β-amino-alcohol motifs (C(OH)–C–C–N with tert-alkyl or cyclic N) is 2. The molecule has 29 heavy (non-hydrogen) atoms. The van der Waals surface area contributed by atoms with E-state index < -0.39 is 0 Å². The average molecular weight is 411 g/mol. The van der Waals surface area contributed by atoms with E-state index in [0.29, 0.717) is 6.04 Å². The first-order valence-corrected chi connectivity index (χ1v) is 12.2. The Morgan fingerprint density at radius 1 is 0.655 bits per heavy atom. The fraction of sp³-hybridized carbons (Fsp3) is 1.00. The van der Waals surface area contributed by atoms with Gasteiger partial charge in [0.25, 0.3) is 0 Å². The molecule has 0 bridgehead atoms. The normalized spacial score (nSPS) is 33.6. The van der Waals surface area contributed by atoms with Gasteiger partial charge in [0.1, 0.15) is 0 Å². The highest BCUT2D eigenvalue weighted by Gasteiger charge is 2.28. The number of aliphatic hydroxyl groups is 2. The highest BCUT2D eigenvalue weighted by molar-refractivity contribution is 4.84. The monoisotopic (exact) mass is 410 g/mol. The summed E-state index contributed by atoms with van der Waals surface area (Å²) in [6.45, 7) is 17.6. The molecule has 0 amide bonds. The first kappa shape index (κ1) is 23.4. The summed E-state index contributed by atoms with van der Waals surface area (Å²) in [6.07, 6.45) is 4.67. The van der Waals surface area contributed by atoms with Crippen molar-refractivity contribution >= 4 is 0 Å². The molecule has 2 N–H and O–H groups in total. The summed E-state index contributed by atoms with van der Waals surface area (Å²) in [6, 6.07) is 0.431. The van der Waals surface area contributed by atoms with Crippen molar-refractivity contribution in [2.75, 3.05) is 72.0 Å². The summed E-state index contributed by atoms with van der Waals surface area (Å²) in [5, 5.41) is 21.2. The van der Waals surface area contributed by atoms with E-state index in [-0.39, 0.29) is 12.2 Å². The summed E-state index contributed by atoms with van der Waals surface area (Å²) in [7, 11) is 0. The van der Waals surface area contributed by atoms with Crippen LogP contribution in [0.15, 0.2) is 0 Å². The molecule has 0 aromatic carbocycles. The lowest BCUT2D eigenvalue weighted by Crippen LogP contribution is -2.56. The molecule has 0 spiro atoms. The van der Waals surface area contributed by atoms with Gasteiger partial charge in [0, 0.05) is 64.9 Å². The maximum atomic E-state index is 10.6. The Balaban J connectivity index is 1.35. The van der Waals surface area contributed by atoms with Gasteiger partial charge in [-0.05, 0) is 57.5 Å². The highest BCUT2D eigenvalue weighted by Crippen LogP contribution is 2.18. The van der Waals surface area contributed by atoms with Crippen LogP contribution < -0.4 is 0 Å². The van der Waals surface area contributed by atoms with E-state index in [4.69, 9.17) is 0 Å². The van der Waals surface area contributed by atoms with Gasteiger partial charge in [-0.3, -0.25) is 9.80 Å². The molecule has 6 nitrogen and oxygen atoms in total. The van der Waals surface area contributed by atoms with Crippen LogP contribution in [0.25, 0.3) is 0 Å². The number of likely N-dealkylation sites (tertiary alicyclic amines) is 2. The van der Waals surface area contributed by atoms with Gasteiger partial charge < -0.3 is 20.0 Å². The van der Waals surface area contributed by atoms with Crippen LogP contribution in [0.2, 0.25) is 0 Å². The predicted molar refractivity (Wildman–Crippen MR) is 119 cm³/mol. The Kier molecular flexibility index (Phi) is 9.21. The van der Waals surface area contributed by atoms with E-state index in [1.165, 1.54) is 25.7 Å². The zero-order valence-electron chi connectivity index (χ0n) is 19.2. The van der Waals surface area contributed by atoms with Gasteiger partial charge >= 0.3 is 0 Å². The topological polar surface area (TPSA) is 53.4 Å². The van der Waals surface area contributed by atoms with Gasteiger partial charge in [-0.15, -0.1) is 0 Å². The summed E-state index contributed by atoms with van der Waals surface area (Å²) in [5.74, 6) is 1.53. The van der Waals surface area contributed by atoms with Gasteiger partial charge in [0.15, 0.2) is 0 Å². The summed E-state index contributed by atoms with van der Waals surface area (Å²) in [4.78, 5) is 9.74. The number of aliphatic hydroxyl groups excluding tert-OH is 2. The Hall–Kier alpha value is -0.240. The number of nitrogens with zero attached hydrogens (tertiary/aromatic N) is 4. The van der Waals surface area contributed by atoms with E-state index in [1.807, 2.05) is 0 Å². The summed E-state index contributed by atoms with van der Waals surface area (Å²) >= 11 is 0. The van der Waals surface area contributed by atoms with Crippen molar-refractivity contribution in [2.45, 2.75) is 64.7 Å². The molecule has 3 rings (SSSR count). The quantitative estimate of drug-likeness (QED) is 0.627. The van der Waals surface area contributed by atoms with Crippen molar-refractivity contribution in [1.82, 2.24) is 19.6 Å². The first-order valence-electron chi connectivity index (χ1n) is 12.2. The van der Waals surface area contributed by atoms with Crippen LogP contribution in [0.3, 0.4) is 0 Å². The number of rotatable bonds is 8. The van der Waals surface area contributed by atoms with Crippen LogP contribution in [0.4, 0.5) is 0 Å². The third kappa shape index (κ3) is 7.75. The number of hydrogen-bond acceptors (Lipinski definition) is 6. The second kappa shape index (κ2) is 11.4. The van der Waals surface area contributed by atoms with Crippen molar-refractivity contribution < 1.29 is 10.2 Å². The SMILES string of the molecule is C[C@@H]1CCCN(C[C@@H](O)CN2CCN(C[C@@H](O)CN3CCC[C@@H](C)C3)C[C@@H]2C)C1. The summed E-state index contributed by atoms with van der Waals surface area (Å²) in [5.41, 5.74) is 0. The maximum Gasteiger partial charge on any atom is 0.0793 e. The molecule has 6 heteroatoms. The van der Waals surface area contributed by atoms with Crippen molar-refractivity contribution in [3.63, 3.8) is 0 Å². The maximum absolute atomic E-state index is 10.6. The molecule has 170 valence electrons. The standard InChI is InChI=1S/C23H46N4O2/c1-19-6-4-8-24(12-19)15-22(28)16-26-10-11-27(21(3)14-26)18-23(29)17-25-9-5-7-20(2)13-25/h19-23,28-29H,4-18H2,1-3H3/t19-,20-,21+,22+,23-/m1/s1. The number of piperazine rings is 1. The van der Waals surface area contributed by atoms with Gasteiger partial charge in [0.2, 0.25) is 0 Å². The lowest BCUT2D eigenvalue weighted by molar-refractivity contribution is 0.00110. The van der Waals surface area contributed by atoms with Crippen LogP contribution in [0.1, 0.15) is 46.5 Å². The average Bonchev–Trinajstić information content (AvgIpc) is 2.64. The first-order chi connectivity index (χ1) is 13.9. The minimum Gasteiger partial charge on any atom is -0.390 e. The van der Waals surface area contributed by atoms with Gasteiger partial charge in [-0.2, -0.15) is 0 Å². The molecule has 0 aromatic rings. The zero-order chi connectivity index (χ0) is 20.8. The van der Waals surface area contributed by atoms with E-state index >= 15 is 0 Å².